The molecule has 0 atom stereocenters. The third kappa shape index (κ3) is 1.76. The highest BCUT2D eigenvalue weighted by Gasteiger charge is 2.48. The lowest BCUT2D eigenvalue weighted by molar-refractivity contribution is 0.150. The number of hydrogen-bond acceptors (Lipinski definition) is 1. The highest BCUT2D eigenvalue weighted by Crippen LogP contribution is 2.31. The van der Waals surface area contributed by atoms with E-state index in [4.69, 9.17) is 4.74 Å². The van der Waals surface area contributed by atoms with Gasteiger partial charge in [-0.05, 0) is 11.1 Å². The molecule has 2 aliphatic rings. The zero-order valence-electron chi connectivity index (χ0n) is 12.3. The maximum Gasteiger partial charge on any atom is 0.103 e. The Morgan fingerprint density at radius 1 is 1.05 bits per heavy atom. The van der Waals surface area contributed by atoms with Crippen LogP contribution in [0.3, 0.4) is 0 Å². The van der Waals surface area contributed by atoms with Gasteiger partial charge in [0.15, 0.2) is 0 Å². The minimum atomic E-state index is -1.49. The third-order valence-electron chi connectivity index (χ3n) is 4.90. The molecule has 1 aromatic carbocycles. The molecule has 0 unspecified atom stereocenters. The molecule has 19 heavy (non-hydrogen) atoms. The van der Waals surface area contributed by atoms with Crippen LogP contribution in [0, 0.1) is 0 Å². The van der Waals surface area contributed by atoms with Crippen LogP contribution in [0.25, 0.3) is 6.08 Å². The summed E-state index contributed by atoms with van der Waals surface area (Å²) >= 11 is 0. The molecule has 0 N–H and O–H groups in total. The van der Waals surface area contributed by atoms with Crippen LogP contribution in [0.4, 0.5) is 0 Å². The molecule has 2 aliphatic heterocycles. The molecule has 100 valence electrons. The molecule has 3 heteroatoms. The Morgan fingerprint density at radius 3 is 2.37 bits per heavy atom. The van der Waals surface area contributed by atoms with Crippen molar-refractivity contribution in [2.75, 3.05) is 6.61 Å². The maximum atomic E-state index is 5.65. The van der Waals surface area contributed by atoms with E-state index in [0.29, 0.717) is 0 Å². The van der Waals surface area contributed by atoms with E-state index in [1.807, 2.05) is 0 Å². The molecule has 3 rings (SSSR count). The first-order chi connectivity index (χ1) is 8.85. The van der Waals surface area contributed by atoms with Crippen LogP contribution in [-0.2, 0) is 11.3 Å². The molecule has 2 heterocycles. The normalized spacial score (nSPS) is 22.8. The zero-order chi connectivity index (χ0) is 13.8. The van der Waals surface area contributed by atoms with Gasteiger partial charge in [0.1, 0.15) is 16.1 Å². The van der Waals surface area contributed by atoms with E-state index in [0.717, 1.165) is 13.2 Å². The van der Waals surface area contributed by atoms with Gasteiger partial charge in [0, 0.05) is 0 Å². The van der Waals surface area contributed by atoms with Gasteiger partial charge >= 0.3 is 0 Å². The summed E-state index contributed by atoms with van der Waals surface area (Å²) in [5.74, 6) is 0. The molecule has 0 radical (unpaired) electrons. The first kappa shape index (κ1) is 13.1. The van der Waals surface area contributed by atoms with Crippen LogP contribution in [0.2, 0.25) is 26.2 Å². The molecule has 0 bridgehead atoms. The molecular weight excluding hydrogens is 264 g/mol. The SMILES string of the molecule is C=C1[Si](C)(C)c2cc3c(cc2[Si]1(C)C)COCC=C3. The van der Waals surface area contributed by atoms with Crippen LogP contribution < -0.4 is 10.4 Å². The fourth-order valence-corrected chi connectivity index (χ4v) is 15.6. The monoisotopic (exact) mass is 286 g/mol. The highest BCUT2D eigenvalue weighted by atomic mass is 28.4. The summed E-state index contributed by atoms with van der Waals surface area (Å²) in [4.78, 5) is 1.58. The molecule has 1 nitrogen and oxygen atoms in total. The largest absolute Gasteiger partial charge is 0.373 e. The third-order valence-corrected chi connectivity index (χ3v) is 15.4. The standard InChI is InChI=1S/C16H22OSi2/c1-12-18(2,3)15-9-13-7-6-8-17-11-14(13)10-16(15)19(12,4)5/h6-7,9-10H,1,8,11H2,2-5H3. The molecule has 0 saturated heterocycles. The summed E-state index contributed by atoms with van der Waals surface area (Å²) in [6, 6.07) is 4.87. The van der Waals surface area contributed by atoms with Gasteiger partial charge in [-0.25, -0.2) is 0 Å². The van der Waals surface area contributed by atoms with Crippen LogP contribution >= 0.6 is 0 Å². The van der Waals surface area contributed by atoms with Gasteiger partial charge in [-0.1, -0.05) is 65.7 Å². The van der Waals surface area contributed by atoms with Gasteiger partial charge in [0.25, 0.3) is 0 Å². The summed E-state index contributed by atoms with van der Waals surface area (Å²) in [6.45, 7) is 15.8. The van der Waals surface area contributed by atoms with Crippen LogP contribution in [-0.4, -0.2) is 22.8 Å². The van der Waals surface area contributed by atoms with Crippen molar-refractivity contribution in [2.45, 2.75) is 32.8 Å². The van der Waals surface area contributed by atoms with Crippen molar-refractivity contribution in [3.63, 3.8) is 0 Å². The quantitative estimate of drug-likeness (QED) is 0.666. The zero-order valence-corrected chi connectivity index (χ0v) is 14.3. The molecule has 0 aromatic heterocycles. The first-order valence-electron chi connectivity index (χ1n) is 6.97. The predicted octanol–water partition coefficient (Wildman–Crippen LogP) is 2.71. The topological polar surface area (TPSA) is 9.23 Å². The van der Waals surface area contributed by atoms with Crippen molar-refractivity contribution in [1.82, 2.24) is 0 Å². The van der Waals surface area contributed by atoms with Crippen molar-refractivity contribution in [3.05, 3.63) is 40.7 Å². The smallest absolute Gasteiger partial charge is 0.103 e. The van der Waals surface area contributed by atoms with Crippen LogP contribution in [0.1, 0.15) is 11.1 Å². The fraction of sp³-hybridized carbons (Fsp3) is 0.375. The van der Waals surface area contributed by atoms with Crippen molar-refractivity contribution < 1.29 is 4.74 Å². The lowest BCUT2D eigenvalue weighted by Gasteiger charge is -2.24. The Bertz CT molecular complexity index is 597. The van der Waals surface area contributed by atoms with Crippen molar-refractivity contribution in [2.24, 2.45) is 0 Å². The molecular formula is C16H22OSi2. The molecule has 0 saturated carbocycles. The Morgan fingerprint density at radius 2 is 1.68 bits per heavy atom. The lowest BCUT2D eigenvalue weighted by atomic mass is 10.1. The number of ether oxygens (including phenoxy) is 1. The summed E-state index contributed by atoms with van der Waals surface area (Å²) in [7, 11) is -2.97. The van der Waals surface area contributed by atoms with E-state index in [2.05, 4.69) is 57.1 Å². The first-order valence-corrected chi connectivity index (χ1v) is 13.0. The Labute approximate surface area is 118 Å². The molecule has 0 amide bonds. The highest BCUT2D eigenvalue weighted by molar-refractivity contribution is 7.22. The second-order valence-electron chi connectivity index (χ2n) is 6.74. The summed E-state index contributed by atoms with van der Waals surface area (Å²) in [5, 5.41) is 3.24. The Balaban J connectivity index is 2.27. The molecule has 0 aliphatic carbocycles. The fourth-order valence-electron chi connectivity index (χ4n) is 3.49. The predicted molar refractivity (Wildman–Crippen MR) is 88.5 cm³/mol. The summed E-state index contributed by atoms with van der Waals surface area (Å²) in [5.41, 5.74) is 2.71. The summed E-state index contributed by atoms with van der Waals surface area (Å²) in [6.07, 6.45) is 4.35. The van der Waals surface area contributed by atoms with E-state index in [1.165, 1.54) is 11.1 Å². The minimum absolute atomic E-state index is 0.730. The molecule has 1 aromatic rings. The Kier molecular flexibility index (Phi) is 2.79. The average Bonchev–Trinajstić information content (AvgIpc) is 2.57. The minimum Gasteiger partial charge on any atom is -0.373 e. The number of hydrogen-bond donors (Lipinski definition) is 0. The van der Waals surface area contributed by atoms with Crippen LogP contribution in [0.15, 0.2) is 29.6 Å². The molecule has 0 fully saturated rings. The van der Waals surface area contributed by atoms with E-state index >= 15 is 0 Å². The second kappa shape index (κ2) is 4.04. The lowest BCUT2D eigenvalue weighted by Crippen LogP contribution is -2.44. The molecule has 0 spiro atoms. The average molecular weight is 287 g/mol. The van der Waals surface area contributed by atoms with Crippen molar-refractivity contribution in [1.29, 1.82) is 0 Å². The summed E-state index contributed by atoms with van der Waals surface area (Å²) < 4.78 is 5.65. The van der Waals surface area contributed by atoms with Gasteiger partial charge in [0.2, 0.25) is 0 Å². The Hall–Kier alpha value is -0.906. The van der Waals surface area contributed by atoms with Crippen LogP contribution in [0.5, 0.6) is 0 Å². The van der Waals surface area contributed by atoms with E-state index in [9.17, 15) is 0 Å². The van der Waals surface area contributed by atoms with Crippen molar-refractivity contribution in [3.8, 4) is 0 Å². The van der Waals surface area contributed by atoms with Gasteiger partial charge in [-0.2, -0.15) is 0 Å². The number of rotatable bonds is 0. The van der Waals surface area contributed by atoms with E-state index < -0.39 is 16.1 Å². The van der Waals surface area contributed by atoms with E-state index in [1.54, 1.807) is 15.2 Å². The maximum absolute atomic E-state index is 5.65. The van der Waals surface area contributed by atoms with Gasteiger partial charge in [0.05, 0.1) is 13.2 Å². The van der Waals surface area contributed by atoms with Gasteiger partial charge in [-0.3, -0.25) is 0 Å². The second-order valence-corrected chi connectivity index (χ2v) is 16.0. The van der Waals surface area contributed by atoms with Gasteiger partial charge < -0.3 is 4.74 Å². The van der Waals surface area contributed by atoms with Gasteiger partial charge in [-0.15, -0.1) is 6.58 Å². The van der Waals surface area contributed by atoms with Crippen molar-refractivity contribution >= 4 is 32.6 Å². The van der Waals surface area contributed by atoms with E-state index in [-0.39, 0.29) is 0 Å². The number of benzene rings is 1. The number of fused-ring (bicyclic) bond motifs is 2.